The van der Waals surface area contributed by atoms with Crippen LogP contribution in [0.5, 0.6) is 0 Å². The smallest absolute Gasteiger partial charge is 0.254 e. The molecule has 1 heterocycles. The quantitative estimate of drug-likeness (QED) is 0.712. The molecule has 1 aliphatic rings. The van der Waals surface area contributed by atoms with Crippen LogP contribution < -0.4 is 16.4 Å². The van der Waals surface area contributed by atoms with Crippen LogP contribution in [0.15, 0.2) is 12.4 Å². The molecule has 0 radical (unpaired) electrons. The summed E-state index contributed by atoms with van der Waals surface area (Å²) >= 11 is 0. The van der Waals surface area contributed by atoms with Gasteiger partial charge in [0.2, 0.25) is 5.91 Å². The average molecular weight is 358 g/mol. The molecule has 0 atom stereocenters. The number of carbonyl (C=O) groups is 2. The maximum absolute atomic E-state index is 12.1. The molecule has 1 aliphatic carbocycles. The third-order valence-electron chi connectivity index (χ3n) is 4.13. The molecule has 8 heteroatoms. The number of carbonyl (C=O) groups excluding carboxylic acids is 2. The summed E-state index contributed by atoms with van der Waals surface area (Å²) in [4.78, 5) is 24.2. The Morgan fingerprint density at radius 2 is 2.00 bits per heavy atom. The second kappa shape index (κ2) is 9.03. The molecular formula is C16H28ClN5O2. The largest absolute Gasteiger partial charge is 0.352 e. The van der Waals surface area contributed by atoms with E-state index in [-0.39, 0.29) is 36.8 Å². The fourth-order valence-corrected chi connectivity index (χ4v) is 2.67. The molecule has 0 saturated heterocycles. The van der Waals surface area contributed by atoms with Crippen LogP contribution in [-0.4, -0.2) is 39.7 Å². The van der Waals surface area contributed by atoms with E-state index < -0.39 is 5.54 Å². The van der Waals surface area contributed by atoms with Gasteiger partial charge in [-0.2, -0.15) is 5.10 Å². The lowest BCUT2D eigenvalue weighted by Crippen LogP contribution is -2.48. The lowest BCUT2D eigenvalue weighted by Gasteiger charge is -2.23. The molecule has 7 nitrogen and oxygen atoms in total. The van der Waals surface area contributed by atoms with Crippen LogP contribution >= 0.6 is 12.4 Å². The number of hydrogen-bond donors (Lipinski definition) is 3. The predicted molar refractivity (Wildman–Crippen MR) is 95.1 cm³/mol. The molecule has 136 valence electrons. The molecule has 24 heavy (non-hydrogen) atoms. The molecule has 1 saturated carbocycles. The Balaban J connectivity index is 0.00000288. The first-order valence-corrected chi connectivity index (χ1v) is 8.24. The standard InChI is InChI=1S/C16H27N5O2.ClH/c1-16(2,11-17)20-15(23)12-8-18-21(9-12)10-14(22)19-13-6-4-3-5-7-13;/h8-9,13H,3-7,10-11,17H2,1-2H3,(H,19,22)(H,20,23);1H. The van der Waals surface area contributed by atoms with Crippen molar-refractivity contribution in [3.05, 3.63) is 18.0 Å². The molecule has 0 bridgehead atoms. The highest BCUT2D eigenvalue weighted by atomic mass is 35.5. The molecule has 0 unspecified atom stereocenters. The van der Waals surface area contributed by atoms with E-state index in [0.717, 1.165) is 12.8 Å². The van der Waals surface area contributed by atoms with Crippen molar-refractivity contribution in [2.75, 3.05) is 6.54 Å². The molecule has 4 N–H and O–H groups in total. The van der Waals surface area contributed by atoms with Crippen molar-refractivity contribution in [3.8, 4) is 0 Å². The number of nitrogens with zero attached hydrogens (tertiary/aromatic N) is 2. The zero-order valence-corrected chi connectivity index (χ0v) is 15.2. The molecule has 0 spiro atoms. The van der Waals surface area contributed by atoms with Gasteiger partial charge in [0.25, 0.3) is 5.91 Å². The van der Waals surface area contributed by atoms with Gasteiger partial charge in [-0.3, -0.25) is 14.3 Å². The highest BCUT2D eigenvalue weighted by Gasteiger charge is 2.21. The van der Waals surface area contributed by atoms with Gasteiger partial charge in [0, 0.05) is 24.3 Å². The van der Waals surface area contributed by atoms with E-state index in [4.69, 9.17) is 5.73 Å². The van der Waals surface area contributed by atoms with E-state index in [0.29, 0.717) is 12.1 Å². The molecule has 0 aliphatic heterocycles. The SMILES string of the molecule is CC(C)(CN)NC(=O)c1cnn(CC(=O)NC2CCCCC2)c1.Cl. The monoisotopic (exact) mass is 357 g/mol. The number of halogens is 1. The third-order valence-corrected chi connectivity index (χ3v) is 4.13. The molecule has 2 amide bonds. The Bertz CT molecular complexity index is 552. The van der Waals surface area contributed by atoms with Crippen LogP contribution in [0.3, 0.4) is 0 Å². The first kappa shape index (κ1) is 20.4. The second-order valence-corrected chi connectivity index (χ2v) is 6.87. The van der Waals surface area contributed by atoms with Gasteiger partial charge < -0.3 is 16.4 Å². The van der Waals surface area contributed by atoms with Crippen LogP contribution in [-0.2, 0) is 11.3 Å². The van der Waals surface area contributed by atoms with Gasteiger partial charge in [-0.15, -0.1) is 12.4 Å². The Kier molecular flexibility index (Phi) is 7.69. The molecular weight excluding hydrogens is 330 g/mol. The van der Waals surface area contributed by atoms with Crippen molar-refractivity contribution in [3.63, 3.8) is 0 Å². The Labute approximate surface area is 149 Å². The number of rotatable bonds is 6. The lowest BCUT2D eigenvalue weighted by molar-refractivity contribution is -0.122. The number of aromatic nitrogens is 2. The maximum Gasteiger partial charge on any atom is 0.254 e. The van der Waals surface area contributed by atoms with Crippen molar-refractivity contribution in [1.82, 2.24) is 20.4 Å². The molecule has 1 aromatic heterocycles. The van der Waals surface area contributed by atoms with Crippen LogP contribution in [0.1, 0.15) is 56.3 Å². The topological polar surface area (TPSA) is 102 Å². The number of nitrogens with two attached hydrogens (primary N) is 1. The fourth-order valence-electron chi connectivity index (χ4n) is 2.67. The number of hydrogen-bond acceptors (Lipinski definition) is 4. The van der Waals surface area contributed by atoms with Crippen LogP contribution in [0.2, 0.25) is 0 Å². The van der Waals surface area contributed by atoms with Crippen LogP contribution in [0.25, 0.3) is 0 Å². The molecule has 2 rings (SSSR count). The predicted octanol–water partition coefficient (Wildman–Crippen LogP) is 1.22. The van der Waals surface area contributed by atoms with Crippen molar-refractivity contribution in [1.29, 1.82) is 0 Å². The van der Waals surface area contributed by atoms with E-state index in [1.165, 1.54) is 30.1 Å². The van der Waals surface area contributed by atoms with Crippen LogP contribution in [0, 0.1) is 0 Å². The minimum absolute atomic E-state index is 0. The van der Waals surface area contributed by atoms with Crippen molar-refractivity contribution < 1.29 is 9.59 Å². The number of amides is 2. The second-order valence-electron chi connectivity index (χ2n) is 6.87. The average Bonchev–Trinajstić information content (AvgIpc) is 2.96. The minimum Gasteiger partial charge on any atom is -0.352 e. The van der Waals surface area contributed by atoms with E-state index in [1.807, 2.05) is 13.8 Å². The Morgan fingerprint density at radius 1 is 1.33 bits per heavy atom. The van der Waals surface area contributed by atoms with E-state index in [1.54, 1.807) is 6.20 Å². The molecule has 0 aromatic carbocycles. The Morgan fingerprint density at radius 3 is 2.62 bits per heavy atom. The highest BCUT2D eigenvalue weighted by molar-refractivity contribution is 5.94. The fraction of sp³-hybridized carbons (Fsp3) is 0.688. The molecule has 1 aromatic rings. The summed E-state index contributed by atoms with van der Waals surface area (Å²) in [5.41, 5.74) is 5.56. The summed E-state index contributed by atoms with van der Waals surface area (Å²) in [5, 5.41) is 9.96. The van der Waals surface area contributed by atoms with Crippen molar-refractivity contribution in [2.24, 2.45) is 5.73 Å². The van der Waals surface area contributed by atoms with E-state index in [9.17, 15) is 9.59 Å². The van der Waals surface area contributed by atoms with Gasteiger partial charge in [0.15, 0.2) is 0 Å². The van der Waals surface area contributed by atoms with Gasteiger partial charge >= 0.3 is 0 Å². The summed E-state index contributed by atoms with van der Waals surface area (Å²) in [6.45, 7) is 4.18. The van der Waals surface area contributed by atoms with E-state index in [2.05, 4.69) is 15.7 Å². The first-order valence-electron chi connectivity index (χ1n) is 8.24. The Hall–Kier alpha value is -1.60. The van der Waals surface area contributed by atoms with Gasteiger partial charge in [0.05, 0.1) is 11.8 Å². The van der Waals surface area contributed by atoms with Gasteiger partial charge in [0.1, 0.15) is 6.54 Å². The normalized spacial score (nSPS) is 15.5. The highest BCUT2D eigenvalue weighted by Crippen LogP contribution is 2.17. The van der Waals surface area contributed by atoms with Crippen molar-refractivity contribution in [2.45, 2.75) is 64.1 Å². The summed E-state index contributed by atoms with van der Waals surface area (Å²) in [6, 6.07) is 0.278. The van der Waals surface area contributed by atoms with Crippen LogP contribution in [0.4, 0.5) is 0 Å². The van der Waals surface area contributed by atoms with E-state index >= 15 is 0 Å². The van der Waals surface area contributed by atoms with Crippen molar-refractivity contribution >= 4 is 24.2 Å². The summed E-state index contributed by atoms with van der Waals surface area (Å²) in [7, 11) is 0. The summed E-state index contributed by atoms with van der Waals surface area (Å²) < 4.78 is 1.49. The summed E-state index contributed by atoms with van der Waals surface area (Å²) in [5.74, 6) is -0.298. The third kappa shape index (κ3) is 6.13. The summed E-state index contributed by atoms with van der Waals surface area (Å²) in [6.07, 6.45) is 8.75. The lowest BCUT2D eigenvalue weighted by atomic mass is 9.95. The zero-order valence-electron chi connectivity index (χ0n) is 14.4. The zero-order chi connectivity index (χ0) is 16.9. The molecule has 1 fully saturated rings. The van der Waals surface area contributed by atoms with Gasteiger partial charge in [-0.25, -0.2) is 0 Å². The maximum atomic E-state index is 12.1. The first-order chi connectivity index (χ1) is 10.9. The minimum atomic E-state index is -0.475. The number of nitrogens with one attached hydrogen (secondary N) is 2. The van der Waals surface area contributed by atoms with Gasteiger partial charge in [-0.05, 0) is 26.7 Å². The van der Waals surface area contributed by atoms with Gasteiger partial charge in [-0.1, -0.05) is 19.3 Å².